The topological polar surface area (TPSA) is 3.88 Å². The molecule has 0 saturated heterocycles. The predicted molar refractivity (Wildman–Crippen MR) is 84.7 cm³/mol. The molecule has 3 rings (SSSR count). The summed E-state index contributed by atoms with van der Waals surface area (Å²) in [6, 6.07) is 17.4. The van der Waals surface area contributed by atoms with Crippen LogP contribution in [0.15, 0.2) is 54.7 Å². The van der Waals surface area contributed by atoms with Crippen molar-refractivity contribution in [1.29, 1.82) is 0 Å². The monoisotopic (exact) mass is 262 g/mol. The van der Waals surface area contributed by atoms with Gasteiger partial charge in [-0.15, -0.1) is 0 Å². The van der Waals surface area contributed by atoms with E-state index < -0.39 is 0 Å². The van der Waals surface area contributed by atoms with Crippen LogP contribution in [0.4, 0.5) is 0 Å². The Morgan fingerprint density at radius 1 is 1.00 bits per heavy atom. The van der Waals surface area contributed by atoms with Gasteiger partial charge in [-0.2, -0.15) is 0 Å². The minimum Gasteiger partial charge on any atom is -0.200 e. The molecule has 2 aromatic carbocycles. The van der Waals surface area contributed by atoms with Crippen molar-refractivity contribution in [3.8, 4) is 11.3 Å². The van der Waals surface area contributed by atoms with Gasteiger partial charge in [-0.3, -0.25) is 0 Å². The number of aromatic nitrogens is 1. The van der Waals surface area contributed by atoms with Crippen LogP contribution in [0, 0.1) is 6.92 Å². The molecule has 100 valence electrons. The quantitative estimate of drug-likeness (QED) is 0.609. The summed E-state index contributed by atoms with van der Waals surface area (Å²) in [6.45, 7) is 4.38. The van der Waals surface area contributed by atoms with Gasteiger partial charge >= 0.3 is 0 Å². The fourth-order valence-corrected chi connectivity index (χ4v) is 2.86. The molecule has 0 amide bonds. The number of aryl methyl sites for hydroxylation is 3. The SMILES string of the molecule is CCc1cccc2cc(-c3ccccc3C)[n+](C)cc12. The van der Waals surface area contributed by atoms with Crippen molar-refractivity contribution in [2.45, 2.75) is 20.3 Å². The van der Waals surface area contributed by atoms with E-state index in [2.05, 4.69) is 80.2 Å². The van der Waals surface area contributed by atoms with Gasteiger partial charge < -0.3 is 0 Å². The number of hydrogen-bond donors (Lipinski definition) is 0. The Morgan fingerprint density at radius 3 is 2.55 bits per heavy atom. The van der Waals surface area contributed by atoms with Crippen molar-refractivity contribution in [1.82, 2.24) is 0 Å². The molecule has 0 fully saturated rings. The molecule has 1 heterocycles. The van der Waals surface area contributed by atoms with Crippen LogP contribution in [-0.4, -0.2) is 0 Å². The molecular formula is C19H20N+. The van der Waals surface area contributed by atoms with E-state index in [4.69, 9.17) is 0 Å². The largest absolute Gasteiger partial charge is 0.213 e. The standard InChI is InChI=1S/C19H20N/c1-4-15-9-7-10-16-12-19(20(3)13-18(15)16)17-11-6-5-8-14(17)2/h5-13H,4H2,1-3H3/q+1. The Labute approximate surface area is 120 Å². The van der Waals surface area contributed by atoms with Gasteiger partial charge in [0.25, 0.3) is 0 Å². The van der Waals surface area contributed by atoms with Crippen molar-refractivity contribution in [2.24, 2.45) is 7.05 Å². The van der Waals surface area contributed by atoms with Crippen LogP contribution < -0.4 is 4.57 Å². The molecule has 1 aromatic heterocycles. The highest BCUT2D eigenvalue weighted by molar-refractivity contribution is 5.86. The zero-order valence-electron chi connectivity index (χ0n) is 12.4. The summed E-state index contributed by atoms with van der Waals surface area (Å²) >= 11 is 0. The van der Waals surface area contributed by atoms with Crippen molar-refractivity contribution >= 4 is 10.8 Å². The van der Waals surface area contributed by atoms with Crippen molar-refractivity contribution in [3.63, 3.8) is 0 Å². The Kier molecular flexibility index (Phi) is 3.27. The first kappa shape index (κ1) is 12.9. The van der Waals surface area contributed by atoms with E-state index in [-0.39, 0.29) is 0 Å². The van der Waals surface area contributed by atoms with E-state index in [0.717, 1.165) is 6.42 Å². The van der Waals surface area contributed by atoms with E-state index in [1.54, 1.807) is 0 Å². The Hall–Kier alpha value is -2.15. The summed E-state index contributed by atoms with van der Waals surface area (Å²) < 4.78 is 2.24. The summed E-state index contributed by atoms with van der Waals surface area (Å²) in [4.78, 5) is 0. The summed E-state index contributed by atoms with van der Waals surface area (Å²) in [5.41, 5.74) is 5.30. The Balaban J connectivity index is 2.29. The van der Waals surface area contributed by atoms with E-state index >= 15 is 0 Å². The predicted octanol–water partition coefficient (Wildman–Crippen LogP) is 4.20. The lowest BCUT2D eigenvalue weighted by Crippen LogP contribution is -2.30. The third kappa shape index (κ3) is 2.09. The van der Waals surface area contributed by atoms with E-state index in [1.165, 1.54) is 33.2 Å². The lowest BCUT2D eigenvalue weighted by atomic mass is 10.00. The second kappa shape index (κ2) is 5.09. The maximum Gasteiger partial charge on any atom is 0.213 e. The molecule has 0 atom stereocenters. The first-order chi connectivity index (χ1) is 9.70. The smallest absolute Gasteiger partial charge is 0.200 e. The Bertz CT molecular complexity index is 772. The maximum atomic E-state index is 2.30. The van der Waals surface area contributed by atoms with E-state index in [0.29, 0.717) is 0 Å². The number of fused-ring (bicyclic) bond motifs is 1. The van der Waals surface area contributed by atoms with Crippen LogP contribution in [-0.2, 0) is 13.5 Å². The van der Waals surface area contributed by atoms with Crippen LogP contribution in [0.25, 0.3) is 22.0 Å². The zero-order valence-corrected chi connectivity index (χ0v) is 12.4. The van der Waals surface area contributed by atoms with Crippen LogP contribution in [0.1, 0.15) is 18.1 Å². The molecule has 3 aromatic rings. The fourth-order valence-electron chi connectivity index (χ4n) is 2.86. The van der Waals surface area contributed by atoms with Crippen molar-refractivity contribution in [3.05, 3.63) is 65.9 Å². The molecule has 0 bridgehead atoms. The summed E-state index contributed by atoms with van der Waals surface area (Å²) in [7, 11) is 2.13. The number of hydrogen-bond acceptors (Lipinski definition) is 0. The molecule has 0 aliphatic rings. The minimum absolute atomic E-state index is 1.07. The molecule has 0 saturated carbocycles. The summed E-state index contributed by atoms with van der Waals surface area (Å²) in [5, 5.41) is 2.68. The van der Waals surface area contributed by atoms with Crippen LogP contribution >= 0.6 is 0 Å². The number of rotatable bonds is 2. The van der Waals surface area contributed by atoms with Gasteiger partial charge in [-0.05, 0) is 35.9 Å². The molecular weight excluding hydrogens is 242 g/mol. The average molecular weight is 262 g/mol. The fraction of sp³-hybridized carbons (Fsp3) is 0.211. The van der Waals surface area contributed by atoms with Crippen molar-refractivity contribution < 1.29 is 4.57 Å². The van der Waals surface area contributed by atoms with Gasteiger partial charge in [0.05, 0.1) is 0 Å². The summed E-state index contributed by atoms with van der Waals surface area (Å²) in [5.74, 6) is 0. The van der Waals surface area contributed by atoms with E-state index in [1.807, 2.05) is 0 Å². The van der Waals surface area contributed by atoms with Crippen LogP contribution in [0.2, 0.25) is 0 Å². The highest BCUT2D eigenvalue weighted by atomic mass is 14.9. The van der Waals surface area contributed by atoms with E-state index in [9.17, 15) is 0 Å². The van der Waals surface area contributed by atoms with Crippen LogP contribution in [0.3, 0.4) is 0 Å². The van der Waals surface area contributed by atoms with Gasteiger partial charge in [-0.25, -0.2) is 4.57 Å². The second-order valence-corrected chi connectivity index (χ2v) is 5.36. The lowest BCUT2D eigenvalue weighted by molar-refractivity contribution is -0.659. The summed E-state index contributed by atoms with van der Waals surface area (Å²) in [6.07, 6.45) is 3.33. The average Bonchev–Trinajstić information content (AvgIpc) is 2.47. The zero-order chi connectivity index (χ0) is 14.1. The molecule has 20 heavy (non-hydrogen) atoms. The molecule has 1 heteroatoms. The third-order valence-corrected chi connectivity index (χ3v) is 4.03. The van der Waals surface area contributed by atoms with Crippen LogP contribution in [0.5, 0.6) is 0 Å². The molecule has 1 nitrogen and oxygen atoms in total. The Morgan fingerprint density at radius 2 is 1.80 bits per heavy atom. The molecule has 0 spiro atoms. The number of pyridine rings is 1. The molecule has 0 aliphatic carbocycles. The molecule has 0 unspecified atom stereocenters. The first-order valence-electron chi connectivity index (χ1n) is 7.18. The van der Waals surface area contributed by atoms with Gasteiger partial charge in [0.15, 0.2) is 6.20 Å². The minimum atomic E-state index is 1.07. The van der Waals surface area contributed by atoms with Gasteiger partial charge in [-0.1, -0.05) is 43.3 Å². The van der Waals surface area contributed by atoms with Gasteiger partial charge in [0, 0.05) is 17.0 Å². The molecule has 0 N–H and O–H groups in total. The molecule has 0 aliphatic heterocycles. The highest BCUT2D eigenvalue weighted by Crippen LogP contribution is 2.25. The first-order valence-corrected chi connectivity index (χ1v) is 7.18. The number of benzene rings is 2. The molecule has 0 radical (unpaired) electrons. The maximum absolute atomic E-state index is 2.30. The third-order valence-electron chi connectivity index (χ3n) is 4.03. The van der Waals surface area contributed by atoms with Crippen molar-refractivity contribution in [2.75, 3.05) is 0 Å². The van der Waals surface area contributed by atoms with Gasteiger partial charge in [0.1, 0.15) is 7.05 Å². The normalized spacial score (nSPS) is 10.9. The number of nitrogens with zero attached hydrogens (tertiary/aromatic N) is 1. The van der Waals surface area contributed by atoms with Gasteiger partial charge in [0.2, 0.25) is 5.69 Å². The lowest BCUT2D eigenvalue weighted by Gasteiger charge is -2.08. The second-order valence-electron chi connectivity index (χ2n) is 5.36. The highest BCUT2D eigenvalue weighted by Gasteiger charge is 2.14.